The molecule has 2 atom stereocenters. The van der Waals surface area contributed by atoms with Crippen molar-refractivity contribution in [2.75, 3.05) is 6.61 Å². The molecule has 0 saturated heterocycles. The SMILES string of the molecule is CCOC(=O)[C@]1(Cc2ccccc2)CCCC[C@H]1O. The van der Waals surface area contributed by atoms with Crippen molar-refractivity contribution in [1.82, 2.24) is 0 Å². The molecule has 0 unspecified atom stereocenters. The lowest BCUT2D eigenvalue weighted by Crippen LogP contribution is -2.47. The van der Waals surface area contributed by atoms with E-state index in [0.29, 0.717) is 25.9 Å². The Bertz CT molecular complexity index is 415. The second-order valence-electron chi connectivity index (χ2n) is 5.30. The predicted molar refractivity (Wildman–Crippen MR) is 73.7 cm³/mol. The summed E-state index contributed by atoms with van der Waals surface area (Å²) in [7, 11) is 0. The number of carbonyl (C=O) groups is 1. The monoisotopic (exact) mass is 262 g/mol. The molecular formula is C16H22O3. The van der Waals surface area contributed by atoms with E-state index in [1.165, 1.54) is 0 Å². The number of hydrogen-bond donors (Lipinski definition) is 1. The van der Waals surface area contributed by atoms with Gasteiger partial charge in [-0.3, -0.25) is 4.79 Å². The first-order valence-corrected chi connectivity index (χ1v) is 7.08. The Morgan fingerprint density at radius 3 is 2.74 bits per heavy atom. The third-order valence-corrected chi connectivity index (χ3v) is 4.03. The molecule has 0 radical (unpaired) electrons. The molecule has 2 rings (SSSR count). The van der Waals surface area contributed by atoms with Crippen LogP contribution in [-0.4, -0.2) is 23.8 Å². The first kappa shape index (κ1) is 14.1. The molecule has 19 heavy (non-hydrogen) atoms. The summed E-state index contributed by atoms with van der Waals surface area (Å²) in [6, 6.07) is 9.88. The summed E-state index contributed by atoms with van der Waals surface area (Å²) in [6.07, 6.45) is 3.32. The summed E-state index contributed by atoms with van der Waals surface area (Å²) in [4.78, 5) is 12.4. The molecule has 104 valence electrons. The van der Waals surface area contributed by atoms with Crippen molar-refractivity contribution in [3.05, 3.63) is 35.9 Å². The van der Waals surface area contributed by atoms with E-state index in [-0.39, 0.29) is 5.97 Å². The quantitative estimate of drug-likeness (QED) is 0.849. The van der Waals surface area contributed by atoms with Gasteiger partial charge in [0.05, 0.1) is 18.1 Å². The van der Waals surface area contributed by atoms with Gasteiger partial charge in [0, 0.05) is 0 Å². The van der Waals surface area contributed by atoms with Gasteiger partial charge in [-0.25, -0.2) is 0 Å². The van der Waals surface area contributed by atoms with Crippen LogP contribution < -0.4 is 0 Å². The number of esters is 1. The average molecular weight is 262 g/mol. The smallest absolute Gasteiger partial charge is 0.315 e. The second kappa shape index (κ2) is 6.20. The van der Waals surface area contributed by atoms with E-state index in [9.17, 15) is 9.90 Å². The number of carbonyl (C=O) groups excluding carboxylic acids is 1. The van der Waals surface area contributed by atoms with Gasteiger partial charge in [0.1, 0.15) is 0 Å². The second-order valence-corrected chi connectivity index (χ2v) is 5.30. The van der Waals surface area contributed by atoms with E-state index in [4.69, 9.17) is 4.74 Å². The Balaban J connectivity index is 2.25. The number of ether oxygens (including phenoxy) is 1. The van der Waals surface area contributed by atoms with Crippen molar-refractivity contribution in [3.8, 4) is 0 Å². The lowest BCUT2D eigenvalue weighted by atomic mass is 9.68. The molecule has 0 bridgehead atoms. The van der Waals surface area contributed by atoms with Crippen LogP contribution in [0.5, 0.6) is 0 Å². The van der Waals surface area contributed by atoms with Crippen LogP contribution in [0, 0.1) is 5.41 Å². The van der Waals surface area contributed by atoms with Crippen molar-refractivity contribution < 1.29 is 14.6 Å². The van der Waals surface area contributed by atoms with Gasteiger partial charge in [-0.1, -0.05) is 43.2 Å². The van der Waals surface area contributed by atoms with Gasteiger partial charge in [0.2, 0.25) is 0 Å². The van der Waals surface area contributed by atoms with Crippen LogP contribution in [-0.2, 0) is 16.0 Å². The number of aliphatic hydroxyl groups excluding tert-OH is 1. The largest absolute Gasteiger partial charge is 0.465 e. The number of hydrogen-bond acceptors (Lipinski definition) is 3. The van der Waals surface area contributed by atoms with Gasteiger partial charge >= 0.3 is 5.97 Å². The lowest BCUT2D eigenvalue weighted by Gasteiger charge is -2.39. The van der Waals surface area contributed by atoms with Crippen molar-refractivity contribution in [3.63, 3.8) is 0 Å². The number of rotatable bonds is 4. The molecule has 0 aromatic heterocycles. The molecule has 1 aliphatic rings. The van der Waals surface area contributed by atoms with Gasteiger partial charge in [-0.2, -0.15) is 0 Å². The highest BCUT2D eigenvalue weighted by Gasteiger charge is 2.47. The van der Waals surface area contributed by atoms with Gasteiger partial charge in [-0.05, 0) is 31.7 Å². The average Bonchev–Trinajstić information content (AvgIpc) is 2.43. The van der Waals surface area contributed by atoms with Crippen LogP contribution in [0.4, 0.5) is 0 Å². The molecule has 3 heteroatoms. The molecule has 1 aliphatic carbocycles. The Kier molecular flexibility index (Phi) is 4.59. The molecule has 1 aromatic carbocycles. The molecule has 0 aliphatic heterocycles. The third kappa shape index (κ3) is 2.98. The van der Waals surface area contributed by atoms with Crippen LogP contribution in [0.2, 0.25) is 0 Å². The molecular weight excluding hydrogens is 240 g/mol. The zero-order chi connectivity index (χ0) is 13.7. The van der Waals surface area contributed by atoms with E-state index in [1.807, 2.05) is 37.3 Å². The van der Waals surface area contributed by atoms with Crippen LogP contribution in [0.25, 0.3) is 0 Å². The summed E-state index contributed by atoms with van der Waals surface area (Å²) >= 11 is 0. The summed E-state index contributed by atoms with van der Waals surface area (Å²) < 4.78 is 5.23. The first-order chi connectivity index (χ1) is 9.19. The Morgan fingerprint density at radius 1 is 1.37 bits per heavy atom. The van der Waals surface area contributed by atoms with Crippen LogP contribution in [0.1, 0.15) is 38.2 Å². The number of benzene rings is 1. The minimum absolute atomic E-state index is 0.244. The van der Waals surface area contributed by atoms with Crippen molar-refractivity contribution >= 4 is 5.97 Å². The highest BCUT2D eigenvalue weighted by molar-refractivity contribution is 5.78. The van der Waals surface area contributed by atoms with E-state index >= 15 is 0 Å². The molecule has 1 aromatic rings. The minimum Gasteiger partial charge on any atom is -0.465 e. The first-order valence-electron chi connectivity index (χ1n) is 7.08. The highest BCUT2D eigenvalue weighted by Crippen LogP contribution is 2.40. The standard InChI is InChI=1S/C16H22O3/c1-2-19-15(18)16(11-7-6-10-14(16)17)12-13-8-4-3-5-9-13/h3-5,8-9,14,17H,2,6-7,10-12H2,1H3/t14-,16+/m1/s1. The topological polar surface area (TPSA) is 46.5 Å². The fourth-order valence-corrected chi connectivity index (χ4v) is 2.97. The van der Waals surface area contributed by atoms with Gasteiger partial charge in [0.25, 0.3) is 0 Å². The van der Waals surface area contributed by atoms with Crippen molar-refractivity contribution in [1.29, 1.82) is 0 Å². The Labute approximate surface area is 114 Å². The van der Waals surface area contributed by atoms with Crippen molar-refractivity contribution in [2.24, 2.45) is 5.41 Å². The molecule has 1 saturated carbocycles. The van der Waals surface area contributed by atoms with E-state index < -0.39 is 11.5 Å². The minimum atomic E-state index is -0.754. The fraction of sp³-hybridized carbons (Fsp3) is 0.562. The Morgan fingerprint density at radius 2 is 2.11 bits per heavy atom. The lowest BCUT2D eigenvalue weighted by molar-refractivity contribution is -0.166. The summed E-state index contributed by atoms with van der Waals surface area (Å²) in [6.45, 7) is 2.17. The maximum Gasteiger partial charge on any atom is 0.315 e. The van der Waals surface area contributed by atoms with Gasteiger partial charge < -0.3 is 9.84 Å². The third-order valence-electron chi connectivity index (χ3n) is 4.03. The van der Waals surface area contributed by atoms with Crippen LogP contribution in [0.15, 0.2) is 30.3 Å². The van der Waals surface area contributed by atoms with Crippen molar-refractivity contribution in [2.45, 2.75) is 45.1 Å². The van der Waals surface area contributed by atoms with Gasteiger partial charge in [0.15, 0.2) is 0 Å². The van der Waals surface area contributed by atoms with Gasteiger partial charge in [-0.15, -0.1) is 0 Å². The van der Waals surface area contributed by atoms with Crippen LogP contribution in [0.3, 0.4) is 0 Å². The van der Waals surface area contributed by atoms with E-state index in [1.54, 1.807) is 0 Å². The molecule has 1 fully saturated rings. The predicted octanol–water partition coefficient (Wildman–Crippen LogP) is 2.71. The molecule has 0 amide bonds. The fourth-order valence-electron chi connectivity index (χ4n) is 2.97. The number of aliphatic hydroxyl groups is 1. The zero-order valence-electron chi connectivity index (χ0n) is 11.5. The molecule has 3 nitrogen and oxygen atoms in total. The maximum absolute atomic E-state index is 12.4. The highest BCUT2D eigenvalue weighted by atomic mass is 16.5. The molecule has 0 spiro atoms. The van der Waals surface area contributed by atoms with E-state index in [2.05, 4.69) is 0 Å². The normalized spacial score (nSPS) is 26.9. The van der Waals surface area contributed by atoms with E-state index in [0.717, 1.165) is 18.4 Å². The molecule has 1 N–H and O–H groups in total. The molecule has 0 heterocycles. The maximum atomic E-state index is 12.4. The Hall–Kier alpha value is -1.35. The summed E-state index contributed by atoms with van der Waals surface area (Å²) in [5.74, 6) is -0.244. The van der Waals surface area contributed by atoms with Crippen LogP contribution >= 0.6 is 0 Å². The summed E-state index contributed by atoms with van der Waals surface area (Å²) in [5.41, 5.74) is 0.326. The summed E-state index contributed by atoms with van der Waals surface area (Å²) in [5, 5.41) is 10.4. The zero-order valence-corrected chi connectivity index (χ0v) is 11.5.